The third-order valence-electron chi connectivity index (χ3n) is 5.95. The number of nitrogens with zero attached hydrogens (tertiary/aromatic N) is 2. The molecule has 2 amide bonds. The smallest absolute Gasteiger partial charge is 0.307 e. The van der Waals surface area contributed by atoms with Crippen LogP contribution in [0.2, 0.25) is 0 Å². The van der Waals surface area contributed by atoms with Crippen molar-refractivity contribution in [3.8, 4) is 11.8 Å². The first kappa shape index (κ1) is 24.9. The van der Waals surface area contributed by atoms with Gasteiger partial charge in [-0.3, -0.25) is 19.3 Å². The molecule has 2 aliphatic rings. The Bertz CT molecular complexity index is 1320. The van der Waals surface area contributed by atoms with Gasteiger partial charge in [0.25, 0.3) is 5.91 Å². The van der Waals surface area contributed by atoms with E-state index in [2.05, 4.69) is 11.4 Å². The Labute approximate surface area is 212 Å². The molecule has 2 heterocycles. The largest absolute Gasteiger partial charge is 0.497 e. The maximum atomic E-state index is 13.7. The molecule has 10 heteroatoms. The van der Waals surface area contributed by atoms with E-state index >= 15 is 0 Å². The third-order valence-corrected chi connectivity index (χ3v) is 7.22. The van der Waals surface area contributed by atoms with Crippen LogP contribution in [0.4, 0.5) is 0 Å². The molecule has 2 aromatic carbocycles. The first-order valence-corrected chi connectivity index (χ1v) is 11.9. The molecule has 9 nitrogen and oxygen atoms in total. The molecule has 0 spiro atoms. The fraction of sp³-hybridized carbons (Fsp3) is 0.231. The second-order valence-electron chi connectivity index (χ2n) is 8.07. The second-order valence-corrected chi connectivity index (χ2v) is 9.26. The van der Waals surface area contributed by atoms with E-state index in [0.717, 1.165) is 17.3 Å². The number of rotatable bonds is 7. The molecule has 0 saturated carbocycles. The van der Waals surface area contributed by atoms with Crippen LogP contribution >= 0.6 is 11.8 Å². The number of carbonyl (C=O) groups is 3. The van der Waals surface area contributed by atoms with Crippen LogP contribution in [0.1, 0.15) is 23.5 Å². The first-order valence-electron chi connectivity index (χ1n) is 11.1. The number of hydrogen-bond acceptors (Lipinski definition) is 8. The quantitative estimate of drug-likeness (QED) is 0.549. The predicted molar refractivity (Wildman–Crippen MR) is 133 cm³/mol. The van der Waals surface area contributed by atoms with Crippen molar-refractivity contribution in [3.05, 3.63) is 87.7 Å². The number of nitrogens with two attached hydrogens (primary N) is 1. The lowest BCUT2D eigenvalue weighted by Gasteiger charge is -2.32. The second kappa shape index (κ2) is 10.6. The van der Waals surface area contributed by atoms with E-state index in [1.54, 1.807) is 24.3 Å². The number of methoxy groups -OCH3 is 2. The molecule has 1 fully saturated rings. The number of ether oxygens (including phenoxy) is 2. The lowest BCUT2D eigenvalue weighted by Crippen LogP contribution is -2.40. The van der Waals surface area contributed by atoms with Crippen LogP contribution in [0, 0.1) is 11.3 Å². The highest BCUT2D eigenvalue weighted by molar-refractivity contribution is 8.04. The van der Waals surface area contributed by atoms with Gasteiger partial charge in [-0.25, -0.2) is 0 Å². The highest BCUT2D eigenvalue weighted by Gasteiger charge is 2.48. The monoisotopic (exact) mass is 504 g/mol. The molecular weight excluding hydrogens is 480 g/mol. The lowest BCUT2D eigenvalue weighted by atomic mass is 9.82. The van der Waals surface area contributed by atoms with Crippen LogP contribution in [0.5, 0.6) is 5.75 Å². The fourth-order valence-electron chi connectivity index (χ4n) is 4.17. The molecule has 2 aromatic rings. The molecule has 0 aromatic heterocycles. The molecule has 3 N–H and O–H groups in total. The van der Waals surface area contributed by atoms with Crippen LogP contribution in [0.3, 0.4) is 0 Å². The topological polar surface area (TPSA) is 135 Å². The van der Waals surface area contributed by atoms with Crippen LogP contribution in [-0.4, -0.2) is 42.2 Å². The predicted octanol–water partition coefficient (Wildman–Crippen LogP) is 2.52. The molecule has 1 saturated heterocycles. The Morgan fingerprint density at radius 3 is 2.58 bits per heavy atom. The summed E-state index contributed by atoms with van der Waals surface area (Å²) >= 11 is 1.07. The molecule has 0 bridgehead atoms. The zero-order valence-electron chi connectivity index (χ0n) is 19.7. The summed E-state index contributed by atoms with van der Waals surface area (Å²) < 4.78 is 10.1. The molecular formula is C26H24N4O5S. The van der Waals surface area contributed by atoms with E-state index in [1.165, 1.54) is 19.1 Å². The van der Waals surface area contributed by atoms with Gasteiger partial charge >= 0.3 is 5.97 Å². The van der Waals surface area contributed by atoms with Crippen molar-refractivity contribution < 1.29 is 23.9 Å². The molecule has 2 atom stereocenters. The van der Waals surface area contributed by atoms with Gasteiger partial charge in [0.2, 0.25) is 5.91 Å². The zero-order chi connectivity index (χ0) is 25.8. The van der Waals surface area contributed by atoms with Crippen molar-refractivity contribution in [3.63, 3.8) is 0 Å². The minimum Gasteiger partial charge on any atom is -0.497 e. The van der Waals surface area contributed by atoms with Gasteiger partial charge < -0.3 is 20.5 Å². The normalized spacial score (nSPS) is 19.0. The summed E-state index contributed by atoms with van der Waals surface area (Å²) in [6.07, 6.45) is -0.197. The highest BCUT2D eigenvalue weighted by Crippen LogP contribution is 2.50. The number of nitriles is 1. The molecule has 4 rings (SSSR count). The number of esters is 1. The minimum absolute atomic E-state index is 0.0598. The van der Waals surface area contributed by atoms with E-state index in [-0.39, 0.29) is 29.9 Å². The molecule has 0 aliphatic carbocycles. The number of fused-ring (bicyclic) bond motifs is 1. The van der Waals surface area contributed by atoms with Gasteiger partial charge in [0, 0.05) is 6.54 Å². The Morgan fingerprint density at radius 1 is 1.17 bits per heavy atom. The van der Waals surface area contributed by atoms with E-state index in [4.69, 9.17) is 15.2 Å². The molecule has 2 aliphatic heterocycles. The summed E-state index contributed by atoms with van der Waals surface area (Å²) in [4.78, 5) is 40.1. The average Bonchev–Trinajstić information content (AvgIpc) is 3.23. The SMILES string of the molecule is COC(=O)C[C@H]1SC2=C(C(=O)NCc3ccccc3)[C@H](c3cccc(OC)c3)C(C#N)=C(N)N2C1=O. The van der Waals surface area contributed by atoms with Gasteiger partial charge in [-0.1, -0.05) is 54.2 Å². The van der Waals surface area contributed by atoms with Crippen molar-refractivity contribution in [2.45, 2.75) is 24.1 Å². The molecule has 0 radical (unpaired) electrons. The van der Waals surface area contributed by atoms with Crippen molar-refractivity contribution in [2.75, 3.05) is 14.2 Å². The fourth-order valence-corrected chi connectivity index (χ4v) is 5.50. The maximum Gasteiger partial charge on any atom is 0.307 e. The summed E-state index contributed by atoms with van der Waals surface area (Å²) in [5.74, 6) is -1.87. The Balaban J connectivity index is 1.83. The van der Waals surface area contributed by atoms with Crippen LogP contribution < -0.4 is 15.8 Å². The van der Waals surface area contributed by atoms with Crippen molar-refractivity contribution in [2.24, 2.45) is 5.73 Å². The van der Waals surface area contributed by atoms with Crippen molar-refractivity contribution in [1.29, 1.82) is 5.26 Å². The van der Waals surface area contributed by atoms with Gasteiger partial charge in [-0.15, -0.1) is 0 Å². The number of thioether (sulfide) groups is 1. The number of hydrogen-bond donors (Lipinski definition) is 2. The minimum atomic E-state index is -0.843. The number of amides is 2. The van der Waals surface area contributed by atoms with Gasteiger partial charge in [0.1, 0.15) is 16.8 Å². The highest BCUT2D eigenvalue weighted by atomic mass is 32.2. The van der Waals surface area contributed by atoms with Gasteiger partial charge in [-0.2, -0.15) is 5.26 Å². The molecule has 184 valence electrons. The van der Waals surface area contributed by atoms with E-state index in [9.17, 15) is 19.6 Å². The Morgan fingerprint density at radius 2 is 1.92 bits per heavy atom. The lowest BCUT2D eigenvalue weighted by molar-refractivity contribution is -0.142. The average molecular weight is 505 g/mol. The Kier molecular flexibility index (Phi) is 7.31. The van der Waals surface area contributed by atoms with E-state index in [1.807, 2.05) is 30.3 Å². The van der Waals surface area contributed by atoms with Gasteiger partial charge in [-0.05, 0) is 23.3 Å². The van der Waals surface area contributed by atoms with E-state index < -0.39 is 29.0 Å². The molecule has 36 heavy (non-hydrogen) atoms. The molecule has 0 unspecified atom stereocenters. The van der Waals surface area contributed by atoms with Crippen molar-refractivity contribution >= 4 is 29.5 Å². The third kappa shape index (κ3) is 4.65. The zero-order valence-corrected chi connectivity index (χ0v) is 20.5. The standard InChI is InChI=1S/C26H24N4O5S/c1-34-17-10-6-9-16(11-17)21-18(13-27)23(28)30-25(33)19(12-20(31)35-2)36-26(30)22(21)24(32)29-14-15-7-4-3-5-8-15/h3-11,19,21H,12,14,28H2,1-2H3,(H,29,32)/t19-,21-/m1/s1. The summed E-state index contributed by atoms with van der Waals surface area (Å²) in [7, 11) is 2.76. The number of nitrogens with one attached hydrogen (secondary N) is 1. The van der Waals surface area contributed by atoms with Crippen LogP contribution in [-0.2, 0) is 25.7 Å². The van der Waals surface area contributed by atoms with Crippen LogP contribution in [0.25, 0.3) is 0 Å². The number of carbonyl (C=O) groups excluding carboxylic acids is 3. The first-order chi connectivity index (χ1) is 17.4. The van der Waals surface area contributed by atoms with Gasteiger partial charge in [0.05, 0.1) is 48.8 Å². The summed E-state index contributed by atoms with van der Waals surface area (Å²) in [6.45, 7) is 0.243. The number of benzene rings is 2. The summed E-state index contributed by atoms with van der Waals surface area (Å²) in [6, 6.07) is 18.5. The summed E-state index contributed by atoms with van der Waals surface area (Å²) in [5, 5.41) is 12.5. The van der Waals surface area contributed by atoms with Crippen LogP contribution in [0.15, 0.2) is 76.6 Å². The Hall–Kier alpha value is -4.23. The maximum absolute atomic E-state index is 13.7. The van der Waals surface area contributed by atoms with E-state index in [0.29, 0.717) is 16.3 Å². The van der Waals surface area contributed by atoms with Crippen molar-refractivity contribution in [1.82, 2.24) is 10.2 Å². The summed E-state index contributed by atoms with van der Waals surface area (Å²) in [5.41, 5.74) is 8.11. The number of allylic oxidation sites excluding steroid dienone is 1. The van der Waals surface area contributed by atoms with Gasteiger partial charge in [0.15, 0.2) is 0 Å².